The molecule has 0 saturated heterocycles. The molecule has 2 aromatic rings. The standard InChI is InChI=1S/C17H23ClN4S.HI/c1-4-19-17(20-9-13-7-5-6-8-15(13)18)21-10-14-11-23-16(22-14)12(2)3;/h5-8,11-12H,4,9-10H2,1-3H3,(H2,19,20,21);1H. The van der Waals surface area contributed by atoms with E-state index in [0.29, 0.717) is 19.0 Å². The number of nitrogens with one attached hydrogen (secondary N) is 2. The zero-order valence-corrected chi connectivity index (χ0v) is 18.1. The quantitative estimate of drug-likeness (QED) is 0.356. The normalized spacial score (nSPS) is 11.3. The lowest BCUT2D eigenvalue weighted by molar-refractivity contribution is 0.787. The summed E-state index contributed by atoms with van der Waals surface area (Å²) in [5.74, 6) is 1.24. The number of aliphatic imine (C=N–C) groups is 1. The van der Waals surface area contributed by atoms with Gasteiger partial charge >= 0.3 is 0 Å². The molecule has 0 amide bonds. The molecule has 0 unspecified atom stereocenters. The van der Waals surface area contributed by atoms with Crippen LogP contribution in [0.3, 0.4) is 0 Å². The van der Waals surface area contributed by atoms with Crippen LogP contribution in [0.25, 0.3) is 0 Å². The minimum absolute atomic E-state index is 0. The molecule has 0 aliphatic carbocycles. The van der Waals surface area contributed by atoms with Crippen molar-refractivity contribution in [3.05, 3.63) is 50.9 Å². The number of benzene rings is 1. The maximum absolute atomic E-state index is 6.17. The molecule has 1 aromatic carbocycles. The highest BCUT2D eigenvalue weighted by atomic mass is 127. The Hall–Kier alpha value is -0.860. The van der Waals surface area contributed by atoms with Gasteiger partial charge in [-0.2, -0.15) is 0 Å². The number of rotatable bonds is 6. The fraction of sp³-hybridized carbons (Fsp3) is 0.412. The molecule has 0 saturated carbocycles. The fourth-order valence-electron chi connectivity index (χ4n) is 1.98. The topological polar surface area (TPSA) is 49.3 Å². The third-order valence-electron chi connectivity index (χ3n) is 3.21. The van der Waals surface area contributed by atoms with Crippen molar-refractivity contribution in [3.63, 3.8) is 0 Å². The van der Waals surface area contributed by atoms with E-state index in [1.807, 2.05) is 31.2 Å². The van der Waals surface area contributed by atoms with Gasteiger partial charge in [0.2, 0.25) is 0 Å². The van der Waals surface area contributed by atoms with Crippen molar-refractivity contribution in [1.29, 1.82) is 0 Å². The molecule has 132 valence electrons. The zero-order valence-electron chi connectivity index (χ0n) is 14.2. The summed E-state index contributed by atoms with van der Waals surface area (Å²) < 4.78 is 0. The van der Waals surface area contributed by atoms with Crippen molar-refractivity contribution in [3.8, 4) is 0 Å². The third-order valence-corrected chi connectivity index (χ3v) is 4.77. The monoisotopic (exact) mass is 478 g/mol. The summed E-state index contributed by atoms with van der Waals surface area (Å²) in [4.78, 5) is 9.21. The molecule has 0 atom stereocenters. The van der Waals surface area contributed by atoms with Gasteiger partial charge in [0.25, 0.3) is 0 Å². The van der Waals surface area contributed by atoms with Crippen molar-refractivity contribution in [2.45, 2.75) is 39.8 Å². The van der Waals surface area contributed by atoms with Crippen molar-refractivity contribution in [1.82, 2.24) is 15.6 Å². The molecule has 0 fully saturated rings. The fourth-order valence-corrected chi connectivity index (χ4v) is 3.01. The van der Waals surface area contributed by atoms with Crippen LogP contribution in [0.2, 0.25) is 5.02 Å². The van der Waals surface area contributed by atoms with Gasteiger partial charge < -0.3 is 10.6 Å². The van der Waals surface area contributed by atoms with Gasteiger partial charge in [0, 0.05) is 22.9 Å². The Labute approximate surface area is 170 Å². The van der Waals surface area contributed by atoms with Crippen LogP contribution in [0, 0.1) is 0 Å². The maximum atomic E-state index is 6.17. The van der Waals surface area contributed by atoms with Gasteiger partial charge in [-0.25, -0.2) is 9.98 Å². The second-order valence-corrected chi connectivity index (χ2v) is 6.77. The second kappa shape index (κ2) is 10.9. The van der Waals surface area contributed by atoms with Crippen LogP contribution in [-0.2, 0) is 13.1 Å². The molecule has 0 aliphatic heterocycles. The van der Waals surface area contributed by atoms with Crippen molar-refractivity contribution in [2.24, 2.45) is 4.99 Å². The van der Waals surface area contributed by atoms with Gasteiger partial charge in [-0.05, 0) is 18.6 Å². The predicted molar refractivity (Wildman–Crippen MR) is 115 cm³/mol. The lowest BCUT2D eigenvalue weighted by atomic mass is 10.2. The van der Waals surface area contributed by atoms with E-state index >= 15 is 0 Å². The Kier molecular flexibility index (Phi) is 9.61. The molecule has 7 heteroatoms. The smallest absolute Gasteiger partial charge is 0.191 e. The summed E-state index contributed by atoms with van der Waals surface area (Å²) in [5.41, 5.74) is 2.06. The molecule has 0 radical (unpaired) electrons. The average molecular weight is 479 g/mol. The van der Waals surface area contributed by atoms with Crippen LogP contribution in [0.4, 0.5) is 0 Å². The molecule has 1 aromatic heterocycles. The third kappa shape index (κ3) is 6.57. The Balaban J connectivity index is 0.00000288. The Morgan fingerprint density at radius 1 is 1.29 bits per heavy atom. The SMILES string of the molecule is CCNC(=NCc1ccccc1Cl)NCc1csc(C(C)C)n1.I. The molecule has 1 heterocycles. The first-order valence-corrected chi connectivity index (χ1v) is 9.05. The van der Waals surface area contributed by atoms with Gasteiger partial charge in [0.15, 0.2) is 5.96 Å². The first kappa shape index (κ1) is 21.2. The molecule has 0 aliphatic rings. The highest BCUT2D eigenvalue weighted by Gasteiger charge is 2.06. The molecule has 0 bridgehead atoms. The van der Waals surface area contributed by atoms with E-state index in [1.165, 1.54) is 5.01 Å². The van der Waals surface area contributed by atoms with Crippen LogP contribution >= 0.6 is 46.9 Å². The summed E-state index contributed by atoms with van der Waals surface area (Å²) in [6.45, 7) is 8.38. The molecule has 2 N–H and O–H groups in total. The second-order valence-electron chi connectivity index (χ2n) is 5.47. The van der Waals surface area contributed by atoms with E-state index in [2.05, 4.69) is 39.8 Å². The van der Waals surface area contributed by atoms with Crippen LogP contribution < -0.4 is 10.6 Å². The molecule has 0 spiro atoms. The molecular formula is C17H24ClIN4S. The van der Waals surface area contributed by atoms with Crippen molar-refractivity contribution >= 4 is 52.9 Å². The average Bonchev–Trinajstić information content (AvgIpc) is 3.00. The number of halogens is 2. The molecule has 2 rings (SSSR count). The molecular weight excluding hydrogens is 455 g/mol. The van der Waals surface area contributed by atoms with Gasteiger partial charge in [-0.1, -0.05) is 43.6 Å². The first-order valence-electron chi connectivity index (χ1n) is 7.80. The summed E-state index contributed by atoms with van der Waals surface area (Å²) in [5, 5.41) is 10.6. The van der Waals surface area contributed by atoms with Crippen molar-refractivity contribution in [2.75, 3.05) is 6.54 Å². The summed E-state index contributed by atoms with van der Waals surface area (Å²) in [6, 6.07) is 7.77. The van der Waals surface area contributed by atoms with Crippen LogP contribution in [0.1, 0.15) is 43.0 Å². The lowest BCUT2D eigenvalue weighted by Crippen LogP contribution is -2.36. The number of hydrogen-bond acceptors (Lipinski definition) is 3. The highest BCUT2D eigenvalue weighted by molar-refractivity contribution is 14.0. The van der Waals surface area contributed by atoms with Gasteiger partial charge in [0.1, 0.15) is 0 Å². The summed E-state index contributed by atoms with van der Waals surface area (Å²) >= 11 is 7.88. The number of guanidine groups is 1. The van der Waals surface area contributed by atoms with Crippen molar-refractivity contribution < 1.29 is 0 Å². The Morgan fingerprint density at radius 2 is 2.04 bits per heavy atom. The van der Waals surface area contributed by atoms with Crippen LogP contribution in [0.15, 0.2) is 34.6 Å². The summed E-state index contributed by atoms with van der Waals surface area (Å²) in [7, 11) is 0. The number of aromatic nitrogens is 1. The minimum atomic E-state index is 0. The van der Waals surface area contributed by atoms with E-state index in [1.54, 1.807) is 11.3 Å². The van der Waals surface area contributed by atoms with E-state index in [9.17, 15) is 0 Å². The predicted octanol–water partition coefficient (Wildman–Crippen LogP) is 4.79. The number of nitrogens with zero attached hydrogens (tertiary/aromatic N) is 2. The lowest BCUT2D eigenvalue weighted by Gasteiger charge is -2.10. The summed E-state index contributed by atoms with van der Waals surface area (Å²) in [6.07, 6.45) is 0. The highest BCUT2D eigenvalue weighted by Crippen LogP contribution is 2.19. The Bertz CT molecular complexity index is 658. The molecule has 4 nitrogen and oxygen atoms in total. The van der Waals surface area contributed by atoms with E-state index in [-0.39, 0.29) is 24.0 Å². The number of hydrogen-bond donors (Lipinski definition) is 2. The van der Waals surface area contributed by atoms with E-state index in [4.69, 9.17) is 11.6 Å². The largest absolute Gasteiger partial charge is 0.357 e. The minimum Gasteiger partial charge on any atom is -0.357 e. The van der Waals surface area contributed by atoms with E-state index < -0.39 is 0 Å². The van der Waals surface area contributed by atoms with Crippen LogP contribution in [0.5, 0.6) is 0 Å². The van der Waals surface area contributed by atoms with Crippen LogP contribution in [-0.4, -0.2) is 17.5 Å². The zero-order chi connectivity index (χ0) is 16.7. The van der Waals surface area contributed by atoms with Gasteiger partial charge in [-0.3, -0.25) is 0 Å². The maximum Gasteiger partial charge on any atom is 0.191 e. The van der Waals surface area contributed by atoms with E-state index in [0.717, 1.165) is 28.8 Å². The number of thiazole rings is 1. The van der Waals surface area contributed by atoms with Gasteiger partial charge in [-0.15, -0.1) is 35.3 Å². The van der Waals surface area contributed by atoms with Gasteiger partial charge in [0.05, 0.1) is 23.8 Å². The first-order chi connectivity index (χ1) is 11.1. The Morgan fingerprint density at radius 3 is 2.67 bits per heavy atom. The molecule has 24 heavy (non-hydrogen) atoms.